The Kier molecular flexibility index (Phi) is 6.32. The third-order valence-corrected chi connectivity index (χ3v) is 9.15. The van der Waals surface area contributed by atoms with Crippen LogP contribution in [0.15, 0.2) is 152 Å². The van der Waals surface area contributed by atoms with Gasteiger partial charge in [-0.1, -0.05) is 127 Å². The van der Waals surface area contributed by atoms with Gasteiger partial charge in [0.25, 0.3) is 0 Å². The van der Waals surface area contributed by atoms with Crippen molar-refractivity contribution in [2.45, 2.75) is 0 Å². The number of fused-ring (bicyclic) bond motifs is 3. The van der Waals surface area contributed by atoms with Crippen LogP contribution < -0.4 is 0 Å². The first-order chi connectivity index (χ1) is 21.4. The lowest BCUT2D eigenvalue weighted by Crippen LogP contribution is -1.99. The average Bonchev–Trinajstić information content (AvgIpc) is 3.48. The molecule has 43 heavy (non-hydrogen) atoms. The fourth-order valence-electron chi connectivity index (χ4n) is 6.17. The Morgan fingerprint density at radius 2 is 1.00 bits per heavy atom. The Hall–Kier alpha value is -5.45. The molecule has 8 rings (SSSR count). The van der Waals surface area contributed by atoms with Gasteiger partial charge in [0.1, 0.15) is 0 Å². The zero-order valence-electron chi connectivity index (χ0n) is 23.2. The molecule has 6 aromatic carbocycles. The summed E-state index contributed by atoms with van der Waals surface area (Å²) in [4.78, 5) is 0. The zero-order chi connectivity index (χ0) is 28.6. The predicted molar refractivity (Wildman–Crippen MR) is 180 cm³/mol. The van der Waals surface area contributed by atoms with Gasteiger partial charge in [-0.2, -0.15) is 0 Å². The van der Waals surface area contributed by atoms with Crippen LogP contribution in [-0.2, 0) is 0 Å². The molecule has 2 aromatic heterocycles. The normalized spacial score (nSPS) is 11.3. The van der Waals surface area contributed by atoms with Crippen molar-refractivity contribution >= 4 is 31.5 Å². The van der Waals surface area contributed by atoms with Gasteiger partial charge in [-0.15, -0.1) is 21.5 Å². The van der Waals surface area contributed by atoms with Crippen LogP contribution in [0, 0.1) is 0 Å². The second-order valence-electron chi connectivity index (χ2n) is 10.5. The van der Waals surface area contributed by atoms with Crippen molar-refractivity contribution in [1.82, 2.24) is 15.4 Å². The standard InChI is InChI=1S/C39H25N3S/c1-4-12-26(13-5-1)29-20-21-32(38(33-24-25-40-42-41-33)36(29)28-16-8-3-9-17-28)37-30(27-14-6-2-7-15-27)22-23-35-39(37)31-18-10-11-19-34(31)43-35/h1-25H. The van der Waals surface area contributed by atoms with Crippen LogP contribution in [0.5, 0.6) is 0 Å². The van der Waals surface area contributed by atoms with Crippen molar-refractivity contribution in [3.8, 4) is 55.8 Å². The third-order valence-electron chi connectivity index (χ3n) is 8.01. The molecule has 2 heterocycles. The molecule has 0 atom stereocenters. The number of thiophene rings is 1. The van der Waals surface area contributed by atoms with Crippen molar-refractivity contribution in [3.63, 3.8) is 0 Å². The molecular weight excluding hydrogens is 543 g/mol. The summed E-state index contributed by atoms with van der Waals surface area (Å²) in [6, 6.07) is 51.7. The second kappa shape index (κ2) is 10.8. The maximum absolute atomic E-state index is 4.63. The van der Waals surface area contributed by atoms with E-state index >= 15 is 0 Å². The second-order valence-corrected chi connectivity index (χ2v) is 11.6. The Bertz CT molecular complexity index is 2210. The van der Waals surface area contributed by atoms with Crippen LogP contribution in [0.1, 0.15) is 0 Å². The topological polar surface area (TPSA) is 38.7 Å². The molecule has 0 aliphatic carbocycles. The average molecular weight is 568 g/mol. The van der Waals surface area contributed by atoms with Gasteiger partial charge in [-0.3, -0.25) is 0 Å². The Morgan fingerprint density at radius 1 is 0.419 bits per heavy atom. The van der Waals surface area contributed by atoms with E-state index in [0.29, 0.717) is 0 Å². The summed E-state index contributed by atoms with van der Waals surface area (Å²) in [5.74, 6) is 0. The summed E-state index contributed by atoms with van der Waals surface area (Å²) < 4.78 is 2.54. The van der Waals surface area contributed by atoms with E-state index in [1.54, 1.807) is 6.20 Å². The van der Waals surface area contributed by atoms with Crippen LogP contribution in [0.25, 0.3) is 75.9 Å². The molecule has 0 spiro atoms. The Morgan fingerprint density at radius 3 is 1.67 bits per heavy atom. The van der Waals surface area contributed by atoms with Gasteiger partial charge >= 0.3 is 0 Å². The summed E-state index contributed by atoms with van der Waals surface area (Å²) in [5, 5.41) is 15.3. The summed E-state index contributed by atoms with van der Waals surface area (Å²) >= 11 is 1.84. The molecule has 0 saturated heterocycles. The molecule has 0 saturated carbocycles. The lowest BCUT2D eigenvalue weighted by atomic mass is 9.81. The van der Waals surface area contributed by atoms with Crippen molar-refractivity contribution in [2.24, 2.45) is 0 Å². The van der Waals surface area contributed by atoms with Crippen molar-refractivity contribution in [3.05, 3.63) is 152 Å². The predicted octanol–water partition coefficient (Wildman–Crippen LogP) is 10.6. The maximum atomic E-state index is 4.63. The van der Waals surface area contributed by atoms with E-state index < -0.39 is 0 Å². The zero-order valence-corrected chi connectivity index (χ0v) is 24.0. The molecule has 0 unspecified atom stereocenters. The number of nitrogens with zero attached hydrogens (tertiary/aromatic N) is 3. The molecule has 3 nitrogen and oxygen atoms in total. The summed E-state index contributed by atoms with van der Waals surface area (Å²) in [6.07, 6.45) is 1.73. The molecule has 202 valence electrons. The van der Waals surface area contributed by atoms with Gasteiger partial charge in [0, 0.05) is 25.7 Å². The number of benzene rings is 6. The molecular formula is C39H25N3S. The molecule has 0 aliphatic heterocycles. The molecule has 0 radical (unpaired) electrons. The highest BCUT2D eigenvalue weighted by Crippen LogP contribution is 2.51. The molecule has 0 fully saturated rings. The minimum Gasteiger partial charge on any atom is -0.139 e. The summed E-state index contributed by atoms with van der Waals surface area (Å²) in [7, 11) is 0. The molecule has 8 aromatic rings. The fourth-order valence-corrected chi connectivity index (χ4v) is 7.28. The van der Waals surface area contributed by atoms with Crippen molar-refractivity contribution < 1.29 is 0 Å². The van der Waals surface area contributed by atoms with Crippen LogP contribution in [0.2, 0.25) is 0 Å². The minimum absolute atomic E-state index is 0.789. The highest BCUT2D eigenvalue weighted by molar-refractivity contribution is 7.26. The van der Waals surface area contributed by atoms with Gasteiger partial charge < -0.3 is 0 Å². The van der Waals surface area contributed by atoms with Crippen molar-refractivity contribution in [2.75, 3.05) is 0 Å². The number of aromatic nitrogens is 3. The number of hydrogen-bond donors (Lipinski definition) is 0. The van der Waals surface area contributed by atoms with Gasteiger partial charge in [0.15, 0.2) is 0 Å². The first-order valence-electron chi connectivity index (χ1n) is 14.3. The summed E-state index contributed by atoms with van der Waals surface area (Å²) in [6.45, 7) is 0. The van der Waals surface area contributed by atoms with E-state index in [4.69, 9.17) is 0 Å². The van der Waals surface area contributed by atoms with E-state index in [1.165, 1.54) is 36.9 Å². The monoisotopic (exact) mass is 567 g/mol. The molecule has 0 aliphatic rings. The van der Waals surface area contributed by atoms with Crippen molar-refractivity contribution in [1.29, 1.82) is 0 Å². The maximum Gasteiger partial charge on any atom is 0.0976 e. The molecule has 0 amide bonds. The molecule has 4 heteroatoms. The van der Waals surface area contributed by atoms with E-state index in [1.807, 2.05) is 17.4 Å². The molecule has 0 N–H and O–H groups in total. The number of rotatable bonds is 5. The lowest BCUT2D eigenvalue weighted by Gasteiger charge is -2.22. The van der Waals surface area contributed by atoms with E-state index in [-0.39, 0.29) is 0 Å². The first kappa shape index (κ1) is 25.3. The van der Waals surface area contributed by atoms with E-state index in [2.05, 4.69) is 155 Å². The minimum atomic E-state index is 0.789. The van der Waals surface area contributed by atoms with Crippen LogP contribution >= 0.6 is 11.3 Å². The van der Waals surface area contributed by atoms with Gasteiger partial charge in [-0.25, -0.2) is 0 Å². The largest absolute Gasteiger partial charge is 0.139 e. The highest BCUT2D eigenvalue weighted by atomic mass is 32.1. The molecule has 0 bridgehead atoms. The highest BCUT2D eigenvalue weighted by Gasteiger charge is 2.24. The van der Waals surface area contributed by atoms with E-state index in [0.717, 1.165) is 39.1 Å². The van der Waals surface area contributed by atoms with Gasteiger partial charge in [0.05, 0.1) is 11.9 Å². The Balaban J connectivity index is 1.58. The first-order valence-corrected chi connectivity index (χ1v) is 15.1. The Labute approximate surface area is 253 Å². The lowest BCUT2D eigenvalue weighted by molar-refractivity contribution is 0.871. The fraction of sp³-hybridized carbons (Fsp3) is 0. The van der Waals surface area contributed by atoms with Crippen LogP contribution in [0.3, 0.4) is 0 Å². The van der Waals surface area contributed by atoms with E-state index in [9.17, 15) is 0 Å². The van der Waals surface area contributed by atoms with Gasteiger partial charge in [-0.05, 0) is 67.9 Å². The number of hydrogen-bond acceptors (Lipinski definition) is 4. The van der Waals surface area contributed by atoms with Crippen LogP contribution in [0.4, 0.5) is 0 Å². The quantitative estimate of drug-likeness (QED) is 0.208. The third kappa shape index (κ3) is 4.40. The van der Waals surface area contributed by atoms with Crippen LogP contribution in [-0.4, -0.2) is 15.4 Å². The SMILES string of the molecule is c1ccc(-c2ccc(-c3c(-c4ccccc4)ccc4sc5ccccc5c34)c(-c3ccnnn3)c2-c2ccccc2)cc1. The van der Waals surface area contributed by atoms with Gasteiger partial charge in [0.2, 0.25) is 0 Å². The summed E-state index contributed by atoms with van der Waals surface area (Å²) in [5.41, 5.74) is 11.1. The smallest absolute Gasteiger partial charge is 0.0976 e.